The molecule has 0 bridgehead atoms. The second-order valence-corrected chi connectivity index (χ2v) is 6.23. The minimum Gasteiger partial charge on any atom is -0.442 e. The highest BCUT2D eigenvalue weighted by Gasteiger charge is 2.32. The molecule has 1 aliphatic rings. The topological polar surface area (TPSA) is 149 Å². The summed E-state index contributed by atoms with van der Waals surface area (Å²) in [5, 5.41) is 5.33. The summed E-state index contributed by atoms with van der Waals surface area (Å²) in [5.41, 5.74) is 12.2. The van der Waals surface area contributed by atoms with Crippen molar-refractivity contribution in [1.82, 2.24) is 5.32 Å². The zero-order chi connectivity index (χ0) is 23.4. The number of aryl methyl sites for hydroxylation is 1. The molecule has 31 heavy (non-hydrogen) atoms. The van der Waals surface area contributed by atoms with Crippen molar-refractivity contribution in [3.63, 3.8) is 0 Å². The van der Waals surface area contributed by atoms with E-state index >= 15 is 0 Å². The van der Waals surface area contributed by atoms with Crippen LogP contribution in [0.5, 0.6) is 0 Å². The van der Waals surface area contributed by atoms with Crippen molar-refractivity contribution in [3.8, 4) is 11.1 Å². The number of benzene rings is 2. The van der Waals surface area contributed by atoms with Gasteiger partial charge in [-0.25, -0.2) is 9.18 Å². The highest BCUT2D eigenvalue weighted by atomic mass is 19.1. The number of amides is 2. The number of halogens is 1. The van der Waals surface area contributed by atoms with Gasteiger partial charge in [0.2, 0.25) is 12.4 Å². The van der Waals surface area contributed by atoms with Crippen LogP contribution in [0.1, 0.15) is 19.4 Å². The molecule has 9 nitrogen and oxygen atoms in total. The van der Waals surface area contributed by atoms with Gasteiger partial charge < -0.3 is 27.4 Å². The standard InChI is InChI=1S/C18H17FN2O3.C2H6.CH6N4/c1-12-2-4-13(5-3-12)16-7-6-14(8-17(16)19)21-10-15(9-20-11-22)24-18(21)23;1-2;2-1(3)5-4/h2-8,11,15H,9-10H2,1H3,(H,20,22);1-2H3;4H2,(H4,2,3,5). The molecule has 2 aromatic rings. The Morgan fingerprint density at radius 3 is 2.39 bits per heavy atom. The molecule has 2 amide bonds. The molecule has 1 unspecified atom stereocenters. The van der Waals surface area contributed by atoms with Crippen LogP contribution in [-0.4, -0.2) is 37.7 Å². The number of carbonyl (C=O) groups is 2. The number of rotatable bonds is 5. The Morgan fingerprint density at radius 2 is 1.87 bits per heavy atom. The maximum absolute atomic E-state index is 14.5. The molecule has 1 fully saturated rings. The Bertz CT molecular complexity index is 885. The Kier molecular flexibility index (Phi) is 10.3. The van der Waals surface area contributed by atoms with Gasteiger partial charge in [-0.3, -0.25) is 9.69 Å². The lowest BCUT2D eigenvalue weighted by Gasteiger charge is -2.14. The van der Waals surface area contributed by atoms with Gasteiger partial charge in [-0.15, -0.1) is 5.10 Å². The van der Waals surface area contributed by atoms with E-state index in [4.69, 9.17) is 16.2 Å². The molecule has 0 aliphatic carbocycles. The summed E-state index contributed by atoms with van der Waals surface area (Å²) >= 11 is 0. The summed E-state index contributed by atoms with van der Waals surface area (Å²) < 4.78 is 19.6. The number of cyclic esters (lactones) is 1. The number of nitrogens with zero attached hydrogens (tertiary/aromatic N) is 2. The molecular formula is C21H29FN6O3. The zero-order valence-electron chi connectivity index (χ0n) is 17.8. The van der Waals surface area contributed by atoms with Gasteiger partial charge in [0.15, 0.2) is 0 Å². The van der Waals surface area contributed by atoms with Gasteiger partial charge in [-0.05, 0) is 30.7 Å². The Labute approximate surface area is 181 Å². The van der Waals surface area contributed by atoms with Crippen molar-refractivity contribution in [2.45, 2.75) is 26.9 Å². The second-order valence-electron chi connectivity index (χ2n) is 6.23. The predicted octanol–water partition coefficient (Wildman–Crippen LogP) is 2.03. The van der Waals surface area contributed by atoms with Crippen LogP contribution in [0, 0.1) is 12.7 Å². The highest BCUT2D eigenvalue weighted by molar-refractivity contribution is 5.90. The van der Waals surface area contributed by atoms with E-state index < -0.39 is 18.0 Å². The minimum atomic E-state index is -0.546. The van der Waals surface area contributed by atoms with Gasteiger partial charge in [-0.2, -0.15) is 0 Å². The summed E-state index contributed by atoms with van der Waals surface area (Å²) in [7, 11) is 0. The first-order valence-electron chi connectivity index (χ1n) is 9.66. The number of nitrogens with two attached hydrogens (primary N) is 3. The van der Waals surface area contributed by atoms with Crippen LogP contribution in [0.15, 0.2) is 47.6 Å². The summed E-state index contributed by atoms with van der Waals surface area (Å²) in [6.45, 7) is 6.47. The first-order chi connectivity index (χ1) is 14.8. The Hall–Kier alpha value is -3.82. The summed E-state index contributed by atoms with van der Waals surface area (Å²) in [6.07, 6.45) is -0.440. The van der Waals surface area contributed by atoms with Gasteiger partial charge in [-0.1, -0.05) is 43.7 Å². The smallest absolute Gasteiger partial charge is 0.414 e. The second kappa shape index (κ2) is 12.7. The monoisotopic (exact) mass is 432 g/mol. The van der Waals surface area contributed by atoms with E-state index in [0.717, 1.165) is 11.1 Å². The molecule has 7 N–H and O–H groups in total. The van der Waals surface area contributed by atoms with Crippen molar-refractivity contribution in [2.24, 2.45) is 22.4 Å². The van der Waals surface area contributed by atoms with Gasteiger partial charge >= 0.3 is 6.09 Å². The van der Waals surface area contributed by atoms with Gasteiger partial charge in [0.05, 0.1) is 18.8 Å². The average Bonchev–Trinajstić information content (AvgIpc) is 3.15. The van der Waals surface area contributed by atoms with E-state index in [1.165, 1.54) is 11.0 Å². The number of hydrogen-bond donors (Lipinski definition) is 4. The average molecular weight is 433 g/mol. The number of carbonyl (C=O) groups excluding carboxylic acids is 2. The third kappa shape index (κ3) is 7.50. The fourth-order valence-electron chi connectivity index (χ4n) is 2.66. The molecule has 0 spiro atoms. The lowest BCUT2D eigenvalue weighted by Crippen LogP contribution is -2.30. The van der Waals surface area contributed by atoms with Gasteiger partial charge in [0.25, 0.3) is 0 Å². The predicted molar refractivity (Wildman–Crippen MR) is 120 cm³/mol. The number of nitrogens with one attached hydrogen (secondary N) is 1. The fourth-order valence-corrected chi connectivity index (χ4v) is 2.66. The van der Waals surface area contributed by atoms with Crippen molar-refractivity contribution < 1.29 is 18.7 Å². The lowest BCUT2D eigenvalue weighted by molar-refractivity contribution is -0.109. The van der Waals surface area contributed by atoms with Crippen LogP contribution >= 0.6 is 0 Å². The summed E-state index contributed by atoms with van der Waals surface area (Å²) in [6, 6.07) is 12.2. The third-order valence-electron chi connectivity index (χ3n) is 4.08. The van der Waals surface area contributed by atoms with Gasteiger partial charge in [0, 0.05) is 5.56 Å². The Balaban J connectivity index is 0.000000605. The molecule has 1 atom stereocenters. The Morgan fingerprint density at radius 1 is 1.26 bits per heavy atom. The molecule has 0 saturated carbocycles. The van der Waals surface area contributed by atoms with E-state index in [1.807, 2.05) is 45.0 Å². The third-order valence-corrected chi connectivity index (χ3v) is 4.08. The van der Waals surface area contributed by atoms with E-state index in [9.17, 15) is 14.0 Å². The van der Waals surface area contributed by atoms with Crippen molar-refractivity contribution >= 4 is 24.2 Å². The number of guanidine groups is 1. The van der Waals surface area contributed by atoms with Crippen LogP contribution in [-0.2, 0) is 9.53 Å². The molecular weight excluding hydrogens is 403 g/mol. The van der Waals surface area contributed by atoms with Crippen molar-refractivity contribution in [3.05, 3.63) is 53.8 Å². The molecule has 3 rings (SSSR count). The molecule has 0 radical (unpaired) electrons. The number of hydrazone groups is 1. The van der Waals surface area contributed by atoms with Crippen LogP contribution < -0.4 is 27.5 Å². The van der Waals surface area contributed by atoms with E-state index in [2.05, 4.69) is 16.3 Å². The molecule has 1 saturated heterocycles. The first-order valence-corrected chi connectivity index (χ1v) is 9.66. The minimum absolute atomic E-state index is 0.0926. The molecule has 168 valence electrons. The molecule has 2 aromatic carbocycles. The zero-order valence-corrected chi connectivity index (χ0v) is 17.8. The summed E-state index contributed by atoms with van der Waals surface area (Å²) in [4.78, 5) is 23.6. The van der Waals surface area contributed by atoms with E-state index in [1.54, 1.807) is 12.1 Å². The van der Waals surface area contributed by atoms with Crippen LogP contribution in [0.3, 0.4) is 0 Å². The van der Waals surface area contributed by atoms with Crippen molar-refractivity contribution in [2.75, 3.05) is 18.0 Å². The quantitative estimate of drug-likeness (QED) is 0.187. The maximum Gasteiger partial charge on any atom is 0.414 e. The maximum atomic E-state index is 14.5. The summed E-state index contributed by atoms with van der Waals surface area (Å²) in [5.74, 6) is 4.01. The molecule has 0 aromatic heterocycles. The number of hydrogen-bond acceptors (Lipinski definition) is 5. The van der Waals surface area contributed by atoms with Crippen molar-refractivity contribution in [1.29, 1.82) is 0 Å². The SMILES string of the molecule is CC.Cc1ccc(-c2ccc(N3CC(CNC=O)OC3=O)cc2F)cc1.NN=C(N)N. The first kappa shape index (κ1) is 25.2. The van der Waals surface area contributed by atoms with Crippen LogP contribution in [0.4, 0.5) is 14.9 Å². The fraction of sp³-hybridized carbons (Fsp3) is 0.286. The van der Waals surface area contributed by atoms with Crippen LogP contribution in [0.2, 0.25) is 0 Å². The normalized spacial score (nSPS) is 14.3. The van der Waals surface area contributed by atoms with Gasteiger partial charge in [0.1, 0.15) is 11.9 Å². The van der Waals surface area contributed by atoms with Crippen LogP contribution in [0.25, 0.3) is 11.1 Å². The number of anilines is 1. The molecule has 1 aliphatic heterocycles. The number of ether oxygens (including phenoxy) is 1. The highest BCUT2D eigenvalue weighted by Crippen LogP contribution is 2.29. The molecule has 1 heterocycles. The largest absolute Gasteiger partial charge is 0.442 e. The molecule has 10 heteroatoms. The van der Waals surface area contributed by atoms with E-state index in [-0.39, 0.29) is 19.0 Å². The van der Waals surface area contributed by atoms with E-state index in [0.29, 0.717) is 17.7 Å². The lowest BCUT2D eigenvalue weighted by atomic mass is 10.0.